The van der Waals surface area contributed by atoms with Crippen molar-refractivity contribution >= 4 is 11.9 Å². The first kappa shape index (κ1) is 16.8. The molecular formula is C15H21NO5. The lowest BCUT2D eigenvalue weighted by atomic mass is 9.84. The van der Waals surface area contributed by atoms with Crippen LogP contribution in [0.3, 0.4) is 0 Å². The summed E-state index contributed by atoms with van der Waals surface area (Å²) in [6.07, 6.45) is 0.411. The SMILES string of the molecule is CC(C)(C)CC(CNC(=O)c1cc(O)ccc1O)C(=O)O. The fraction of sp³-hybridized carbons (Fsp3) is 0.467. The highest BCUT2D eigenvalue weighted by Crippen LogP contribution is 2.25. The third-order valence-electron chi connectivity index (χ3n) is 2.94. The van der Waals surface area contributed by atoms with E-state index < -0.39 is 17.8 Å². The van der Waals surface area contributed by atoms with Gasteiger partial charge in [-0.3, -0.25) is 9.59 Å². The number of hydrogen-bond donors (Lipinski definition) is 4. The molecule has 1 rings (SSSR count). The smallest absolute Gasteiger partial charge is 0.308 e. The van der Waals surface area contributed by atoms with Gasteiger partial charge in [-0.05, 0) is 30.0 Å². The van der Waals surface area contributed by atoms with Gasteiger partial charge in [0.2, 0.25) is 0 Å². The van der Waals surface area contributed by atoms with Crippen molar-refractivity contribution in [1.82, 2.24) is 5.32 Å². The second-order valence-electron chi connectivity index (χ2n) is 6.21. The topological polar surface area (TPSA) is 107 Å². The van der Waals surface area contributed by atoms with Gasteiger partial charge in [0.15, 0.2) is 0 Å². The van der Waals surface area contributed by atoms with Crippen LogP contribution in [-0.2, 0) is 4.79 Å². The number of phenolic OH excluding ortho intramolecular Hbond substituents is 2. The first-order valence-electron chi connectivity index (χ1n) is 6.63. The Balaban J connectivity index is 2.74. The van der Waals surface area contributed by atoms with E-state index in [0.29, 0.717) is 6.42 Å². The number of nitrogens with one attached hydrogen (secondary N) is 1. The van der Waals surface area contributed by atoms with Crippen molar-refractivity contribution in [2.75, 3.05) is 6.54 Å². The number of hydrogen-bond acceptors (Lipinski definition) is 4. The number of phenols is 2. The molecule has 0 saturated carbocycles. The van der Waals surface area contributed by atoms with Gasteiger partial charge in [0.05, 0.1) is 11.5 Å². The molecule has 1 unspecified atom stereocenters. The number of carbonyl (C=O) groups is 2. The Hall–Kier alpha value is -2.24. The van der Waals surface area contributed by atoms with E-state index in [1.54, 1.807) is 0 Å². The van der Waals surface area contributed by atoms with Crippen LogP contribution in [0.4, 0.5) is 0 Å². The summed E-state index contributed by atoms with van der Waals surface area (Å²) in [5.41, 5.74) is -0.268. The van der Waals surface area contributed by atoms with Crippen LogP contribution in [0.25, 0.3) is 0 Å². The molecule has 0 aliphatic heterocycles. The number of rotatable bonds is 5. The van der Waals surface area contributed by atoms with E-state index in [9.17, 15) is 24.9 Å². The zero-order chi connectivity index (χ0) is 16.2. The van der Waals surface area contributed by atoms with Gasteiger partial charge >= 0.3 is 5.97 Å². The number of carbonyl (C=O) groups excluding carboxylic acids is 1. The molecule has 0 radical (unpaired) electrons. The first-order valence-corrected chi connectivity index (χ1v) is 6.63. The summed E-state index contributed by atoms with van der Waals surface area (Å²) >= 11 is 0. The average molecular weight is 295 g/mol. The summed E-state index contributed by atoms with van der Waals surface area (Å²) in [5, 5.41) is 30.6. The number of aliphatic carboxylic acids is 1. The van der Waals surface area contributed by atoms with Crippen LogP contribution in [-0.4, -0.2) is 33.7 Å². The molecule has 1 aromatic rings. The van der Waals surface area contributed by atoms with Gasteiger partial charge in [-0.25, -0.2) is 0 Å². The molecule has 0 fully saturated rings. The Morgan fingerprint density at radius 3 is 2.38 bits per heavy atom. The van der Waals surface area contributed by atoms with E-state index in [2.05, 4.69) is 5.32 Å². The second-order valence-corrected chi connectivity index (χ2v) is 6.21. The maximum atomic E-state index is 11.9. The second kappa shape index (κ2) is 6.47. The molecule has 1 amide bonds. The van der Waals surface area contributed by atoms with Crippen molar-refractivity contribution in [3.05, 3.63) is 23.8 Å². The lowest BCUT2D eigenvalue weighted by molar-refractivity contribution is -0.142. The molecule has 0 spiro atoms. The molecule has 6 heteroatoms. The molecule has 4 N–H and O–H groups in total. The largest absolute Gasteiger partial charge is 0.508 e. The average Bonchev–Trinajstić information content (AvgIpc) is 2.35. The van der Waals surface area contributed by atoms with Crippen LogP contribution in [0.1, 0.15) is 37.6 Å². The van der Waals surface area contributed by atoms with Crippen LogP contribution in [0.15, 0.2) is 18.2 Å². The van der Waals surface area contributed by atoms with Crippen molar-refractivity contribution in [2.45, 2.75) is 27.2 Å². The molecule has 0 aliphatic carbocycles. The maximum absolute atomic E-state index is 11.9. The van der Waals surface area contributed by atoms with Crippen LogP contribution in [0.5, 0.6) is 11.5 Å². The van der Waals surface area contributed by atoms with Gasteiger partial charge in [-0.2, -0.15) is 0 Å². The predicted octanol–water partition coefficient (Wildman–Crippen LogP) is 1.96. The summed E-state index contributed by atoms with van der Waals surface area (Å²) in [6.45, 7) is 5.73. The Morgan fingerprint density at radius 2 is 1.86 bits per heavy atom. The minimum absolute atomic E-state index is 0.0411. The van der Waals surface area contributed by atoms with Crippen molar-refractivity contribution in [1.29, 1.82) is 0 Å². The fourth-order valence-corrected chi connectivity index (χ4v) is 2.00. The Kier molecular flexibility index (Phi) is 5.18. The molecule has 0 saturated heterocycles. The maximum Gasteiger partial charge on any atom is 0.308 e. The Morgan fingerprint density at radius 1 is 1.24 bits per heavy atom. The van der Waals surface area contributed by atoms with Gasteiger partial charge in [0.25, 0.3) is 5.91 Å². The van der Waals surface area contributed by atoms with Crippen molar-refractivity contribution in [3.63, 3.8) is 0 Å². The van der Waals surface area contributed by atoms with E-state index >= 15 is 0 Å². The lowest BCUT2D eigenvalue weighted by Gasteiger charge is -2.23. The molecule has 21 heavy (non-hydrogen) atoms. The zero-order valence-electron chi connectivity index (χ0n) is 12.4. The molecule has 6 nitrogen and oxygen atoms in total. The molecule has 0 aromatic heterocycles. The molecular weight excluding hydrogens is 274 g/mol. The third kappa shape index (κ3) is 5.33. The highest BCUT2D eigenvalue weighted by molar-refractivity contribution is 5.97. The van der Waals surface area contributed by atoms with E-state index in [4.69, 9.17) is 0 Å². The molecule has 0 bridgehead atoms. The Bertz CT molecular complexity index is 533. The highest BCUT2D eigenvalue weighted by atomic mass is 16.4. The molecule has 116 valence electrons. The summed E-state index contributed by atoms with van der Waals surface area (Å²) < 4.78 is 0. The van der Waals surface area contributed by atoms with E-state index in [-0.39, 0.29) is 29.0 Å². The van der Waals surface area contributed by atoms with Crippen molar-refractivity contribution in [2.24, 2.45) is 11.3 Å². The predicted molar refractivity (Wildman–Crippen MR) is 77.3 cm³/mol. The van der Waals surface area contributed by atoms with Gasteiger partial charge < -0.3 is 20.6 Å². The zero-order valence-corrected chi connectivity index (χ0v) is 12.4. The fourth-order valence-electron chi connectivity index (χ4n) is 2.00. The molecule has 0 aliphatic rings. The highest BCUT2D eigenvalue weighted by Gasteiger charge is 2.25. The first-order chi connectivity index (χ1) is 9.60. The van der Waals surface area contributed by atoms with Crippen LogP contribution in [0.2, 0.25) is 0 Å². The standard InChI is InChI=1S/C15H21NO5/c1-15(2,3)7-9(14(20)21)8-16-13(19)11-6-10(17)4-5-12(11)18/h4-6,9,17-18H,7-8H2,1-3H3,(H,16,19)(H,20,21). The van der Waals surface area contributed by atoms with E-state index in [1.807, 2.05) is 20.8 Å². The minimum Gasteiger partial charge on any atom is -0.508 e. The van der Waals surface area contributed by atoms with Gasteiger partial charge in [-0.1, -0.05) is 20.8 Å². The van der Waals surface area contributed by atoms with Crippen LogP contribution in [0, 0.1) is 11.3 Å². The monoisotopic (exact) mass is 295 g/mol. The number of benzene rings is 1. The summed E-state index contributed by atoms with van der Waals surface area (Å²) in [5.74, 6) is -2.74. The van der Waals surface area contributed by atoms with Gasteiger partial charge in [-0.15, -0.1) is 0 Å². The normalized spacial score (nSPS) is 12.7. The lowest BCUT2D eigenvalue weighted by Crippen LogP contribution is -2.35. The van der Waals surface area contributed by atoms with Crippen molar-refractivity contribution in [3.8, 4) is 11.5 Å². The summed E-state index contributed by atoms with van der Waals surface area (Å²) in [6, 6.07) is 3.59. The summed E-state index contributed by atoms with van der Waals surface area (Å²) in [4.78, 5) is 23.1. The molecule has 1 aromatic carbocycles. The number of carboxylic acid groups (broad SMARTS) is 1. The van der Waals surface area contributed by atoms with E-state index in [0.717, 1.165) is 6.07 Å². The molecule has 1 atom stereocenters. The number of aromatic hydroxyl groups is 2. The number of carboxylic acids is 1. The van der Waals surface area contributed by atoms with Crippen LogP contribution < -0.4 is 5.32 Å². The van der Waals surface area contributed by atoms with Gasteiger partial charge in [0.1, 0.15) is 11.5 Å². The minimum atomic E-state index is -0.981. The van der Waals surface area contributed by atoms with Gasteiger partial charge in [0, 0.05) is 6.54 Å². The summed E-state index contributed by atoms with van der Waals surface area (Å²) in [7, 11) is 0. The Labute approximate surface area is 123 Å². The van der Waals surface area contributed by atoms with E-state index in [1.165, 1.54) is 12.1 Å². The van der Waals surface area contributed by atoms with Crippen LogP contribution >= 0.6 is 0 Å². The van der Waals surface area contributed by atoms with Crippen molar-refractivity contribution < 1.29 is 24.9 Å². The molecule has 0 heterocycles. The number of amides is 1. The quantitative estimate of drug-likeness (QED) is 0.621. The third-order valence-corrected chi connectivity index (χ3v) is 2.94.